The summed E-state index contributed by atoms with van der Waals surface area (Å²) >= 11 is 0. The van der Waals surface area contributed by atoms with Gasteiger partial charge in [0, 0.05) is 6.08 Å². The van der Waals surface area contributed by atoms with Crippen LogP contribution in [-0.2, 0) is 4.84 Å². The summed E-state index contributed by atoms with van der Waals surface area (Å²) in [6, 6.07) is 0. The molecule has 3 N–H and O–H groups in total. The van der Waals surface area contributed by atoms with E-state index in [0.29, 0.717) is 5.70 Å². The van der Waals surface area contributed by atoms with E-state index in [9.17, 15) is 5.21 Å². The molecule has 1 aliphatic heterocycles. The van der Waals surface area contributed by atoms with Gasteiger partial charge in [0.1, 0.15) is 6.20 Å². The van der Waals surface area contributed by atoms with Gasteiger partial charge >= 0.3 is 0 Å². The minimum atomic E-state index is -0.376. The van der Waals surface area contributed by atoms with Gasteiger partial charge in [-0.15, -0.1) is 0 Å². The first-order valence-electron chi connectivity index (χ1n) is 2.13. The van der Waals surface area contributed by atoms with Gasteiger partial charge in [-0.05, 0) is 0 Å². The second-order valence-electron chi connectivity index (χ2n) is 1.39. The fourth-order valence-corrected chi connectivity index (χ4v) is 0.369. The van der Waals surface area contributed by atoms with Crippen molar-refractivity contribution in [1.29, 1.82) is 0 Å². The molecular weight excluding hydrogens is 108 g/mol. The predicted octanol–water partition coefficient (Wildman–Crippen LogP) is -1.37. The Kier molecular flexibility index (Phi) is 1.19. The third-order valence-corrected chi connectivity index (χ3v) is 0.723. The highest BCUT2D eigenvalue weighted by molar-refractivity contribution is 5.10. The molecule has 8 heavy (non-hydrogen) atoms. The standard InChI is InChI=1S/C4H6N2O2/c5-4-1-2-6(7)8-3-4/h1-3,6H,5H2. The van der Waals surface area contributed by atoms with Crippen molar-refractivity contribution in [3.63, 3.8) is 0 Å². The van der Waals surface area contributed by atoms with Gasteiger partial charge in [0.15, 0.2) is 6.26 Å². The number of hydrogen-bond acceptors (Lipinski definition) is 3. The summed E-state index contributed by atoms with van der Waals surface area (Å²) in [5.41, 5.74) is 5.66. The Morgan fingerprint density at radius 2 is 2.50 bits per heavy atom. The first-order valence-corrected chi connectivity index (χ1v) is 2.13. The van der Waals surface area contributed by atoms with Gasteiger partial charge in [0.25, 0.3) is 0 Å². The monoisotopic (exact) mass is 114 g/mol. The second kappa shape index (κ2) is 1.85. The van der Waals surface area contributed by atoms with E-state index in [1.807, 2.05) is 0 Å². The normalized spacial score (nSPS) is 26.6. The Morgan fingerprint density at radius 1 is 1.75 bits per heavy atom. The minimum Gasteiger partial charge on any atom is -0.586 e. The fourth-order valence-electron chi connectivity index (χ4n) is 0.369. The SMILES string of the molecule is NC1=CO[NH+]([O-])C=C1. The number of hydroxylamine groups is 2. The molecule has 0 bridgehead atoms. The molecule has 1 unspecified atom stereocenters. The van der Waals surface area contributed by atoms with Crippen LogP contribution in [0.3, 0.4) is 0 Å². The van der Waals surface area contributed by atoms with E-state index in [0.717, 1.165) is 0 Å². The summed E-state index contributed by atoms with van der Waals surface area (Å²) in [7, 11) is 0. The number of hydrogen-bond donors (Lipinski definition) is 2. The van der Waals surface area contributed by atoms with E-state index in [-0.39, 0.29) is 5.23 Å². The van der Waals surface area contributed by atoms with Crippen molar-refractivity contribution < 1.29 is 10.1 Å². The zero-order chi connectivity index (χ0) is 5.98. The number of rotatable bonds is 0. The van der Waals surface area contributed by atoms with Crippen LogP contribution in [0.1, 0.15) is 0 Å². The summed E-state index contributed by atoms with van der Waals surface area (Å²) in [6.07, 6.45) is 3.98. The van der Waals surface area contributed by atoms with Gasteiger partial charge in [-0.25, -0.2) is 0 Å². The molecule has 0 aliphatic carbocycles. The molecule has 0 saturated carbocycles. The van der Waals surface area contributed by atoms with E-state index in [1.54, 1.807) is 0 Å². The average Bonchev–Trinajstić information content (AvgIpc) is 1.77. The molecule has 0 spiro atoms. The van der Waals surface area contributed by atoms with Gasteiger partial charge < -0.3 is 15.8 Å². The Balaban J connectivity index is 2.58. The zero-order valence-electron chi connectivity index (χ0n) is 4.13. The maximum atomic E-state index is 10.2. The van der Waals surface area contributed by atoms with Gasteiger partial charge in [-0.1, -0.05) is 0 Å². The summed E-state index contributed by atoms with van der Waals surface area (Å²) in [6.45, 7) is 0. The molecule has 0 aromatic rings. The molecule has 0 aromatic carbocycles. The highest BCUT2D eigenvalue weighted by Crippen LogP contribution is 1.85. The van der Waals surface area contributed by atoms with E-state index in [1.165, 1.54) is 18.5 Å². The predicted molar refractivity (Wildman–Crippen MR) is 26.8 cm³/mol. The summed E-state index contributed by atoms with van der Waals surface area (Å²) in [5.74, 6) is 0. The number of nitrogens with one attached hydrogen (secondary N) is 1. The molecule has 1 rings (SSSR count). The Labute approximate surface area is 46.4 Å². The molecule has 1 heterocycles. The Hall–Kier alpha value is -1.00. The van der Waals surface area contributed by atoms with E-state index < -0.39 is 0 Å². The maximum Gasteiger partial charge on any atom is 0.178 e. The maximum absolute atomic E-state index is 10.2. The highest BCUT2D eigenvalue weighted by atomic mass is 16.9. The Morgan fingerprint density at radius 3 is 2.88 bits per heavy atom. The molecular formula is C4H6N2O2. The van der Waals surface area contributed by atoms with Crippen LogP contribution in [0.5, 0.6) is 0 Å². The van der Waals surface area contributed by atoms with E-state index >= 15 is 0 Å². The van der Waals surface area contributed by atoms with Crippen LogP contribution < -0.4 is 11.0 Å². The first kappa shape index (κ1) is 5.14. The van der Waals surface area contributed by atoms with Crippen molar-refractivity contribution in [2.45, 2.75) is 0 Å². The molecule has 4 nitrogen and oxygen atoms in total. The molecule has 0 fully saturated rings. The first-order chi connectivity index (χ1) is 3.79. The van der Waals surface area contributed by atoms with Crippen molar-refractivity contribution in [3.8, 4) is 0 Å². The van der Waals surface area contributed by atoms with Crippen molar-refractivity contribution in [2.75, 3.05) is 0 Å². The smallest absolute Gasteiger partial charge is 0.178 e. The lowest BCUT2D eigenvalue weighted by Gasteiger charge is -2.15. The molecule has 0 radical (unpaired) electrons. The topological polar surface area (TPSA) is 62.8 Å². The number of allylic oxidation sites excluding steroid dienone is 1. The number of quaternary nitrogens is 1. The van der Waals surface area contributed by atoms with Crippen LogP contribution in [0.4, 0.5) is 0 Å². The van der Waals surface area contributed by atoms with E-state index in [2.05, 4.69) is 4.84 Å². The third-order valence-electron chi connectivity index (χ3n) is 0.723. The molecule has 0 aromatic heterocycles. The van der Waals surface area contributed by atoms with E-state index in [4.69, 9.17) is 5.73 Å². The largest absolute Gasteiger partial charge is 0.586 e. The van der Waals surface area contributed by atoms with Crippen LogP contribution >= 0.6 is 0 Å². The summed E-state index contributed by atoms with van der Waals surface area (Å²) in [4.78, 5) is 4.38. The van der Waals surface area contributed by atoms with Crippen molar-refractivity contribution >= 4 is 0 Å². The van der Waals surface area contributed by atoms with Gasteiger partial charge in [-0.2, -0.15) is 5.23 Å². The highest BCUT2D eigenvalue weighted by Gasteiger charge is 1.95. The average molecular weight is 114 g/mol. The van der Waals surface area contributed by atoms with Crippen LogP contribution in [0.2, 0.25) is 0 Å². The Bertz CT molecular complexity index is 141. The van der Waals surface area contributed by atoms with Gasteiger partial charge in [-0.3, -0.25) is 0 Å². The molecule has 4 heteroatoms. The second-order valence-corrected chi connectivity index (χ2v) is 1.39. The zero-order valence-corrected chi connectivity index (χ0v) is 4.13. The summed E-state index contributed by atoms with van der Waals surface area (Å²) in [5, 5.41) is 9.82. The lowest BCUT2D eigenvalue weighted by molar-refractivity contribution is -0.997. The summed E-state index contributed by atoms with van der Waals surface area (Å²) < 4.78 is 0. The lowest BCUT2D eigenvalue weighted by Crippen LogP contribution is -3.00. The van der Waals surface area contributed by atoms with Crippen molar-refractivity contribution in [3.05, 3.63) is 29.4 Å². The van der Waals surface area contributed by atoms with Gasteiger partial charge in [0.2, 0.25) is 0 Å². The fraction of sp³-hybridized carbons (Fsp3) is 0. The quantitative estimate of drug-likeness (QED) is 0.382. The molecule has 1 atom stereocenters. The van der Waals surface area contributed by atoms with Crippen molar-refractivity contribution in [2.24, 2.45) is 5.73 Å². The lowest BCUT2D eigenvalue weighted by atomic mass is 10.5. The van der Waals surface area contributed by atoms with Crippen LogP contribution in [-0.4, -0.2) is 0 Å². The minimum absolute atomic E-state index is 0.376. The molecule has 44 valence electrons. The number of nitrogens with two attached hydrogens (primary N) is 1. The van der Waals surface area contributed by atoms with Crippen LogP contribution in [0, 0.1) is 5.21 Å². The van der Waals surface area contributed by atoms with Crippen molar-refractivity contribution in [1.82, 2.24) is 0 Å². The molecule has 0 saturated heterocycles. The third kappa shape index (κ3) is 0.988. The van der Waals surface area contributed by atoms with Crippen LogP contribution in [0.25, 0.3) is 0 Å². The van der Waals surface area contributed by atoms with Crippen LogP contribution in [0.15, 0.2) is 24.2 Å². The van der Waals surface area contributed by atoms with Gasteiger partial charge in [0.05, 0.1) is 5.70 Å². The molecule has 0 amide bonds. The molecule has 1 aliphatic rings.